The molecule has 0 bridgehead atoms. The van der Waals surface area contributed by atoms with Gasteiger partial charge in [0.05, 0.1) is 12.7 Å². The molecule has 0 radical (unpaired) electrons. The molecule has 0 aromatic heterocycles. The first kappa shape index (κ1) is 28.5. The van der Waals surface area contributed by atoms with Crippen molar-refractivity contribution in [1.82, 2.24) is 0 Å². The van der Waals surface area contributed by atoms with Crippen LogP contribution in [0.25, 0.3) is 0 Å². The molecule has 0 aliphatic rings. The van der Waals surface area contributed by atoms with Crippen LogP contribution in [-0.4, -0.2) is 44.3 Å². The SMILES string of the molecule is CC(C)(C)[Si](C)(C)OCCC(CO[Si](C)(C)C(C)(C)C)O[Si](C)(C)C(C)(C)C. The highest BCUT2D eigenvalue weighted by Crippen LogP contribution is 2.40. The summed E-state index contributed by atoms with van der Waals surface area (Å²) in [4.78, 5) is 0. The second-order valence-electron chi connectivity index (χ2n) is 13.0. The predicted octanol–water partition coefficient (Wildman–Crippen LogP) is 7.81. The number of rotatable bonds is 9. The fourth-order valence-electron chi connectivity index (χ4n) is 1.95. The molecule has 0 fully saturated rings. The van der Waals surface area contributed by atoms with Gasteiger partial charge in [-0.2, -0.15) is 0 Å². The lowest BCUT2D eigenvalue weighted by Crippen LogP contribution is -2.48. The van der Waals surface area contributed by atoms with E-state index in [1.807, 2.05) is 0 Å². The van der Waals surface area contributed by atoms with Crippen LogP contribution in [0.3, 0.4) is 0 Å². The second kappa shape index (κ2) is 9.35. The van der Waals surface area contributed by atoms with Gasteiger partial charge in [-0.3, -0.25) is 0 Å². The van der Waals surface area contributed by atoms with E-state index in [4.69, 9.17) is 13.3 Å². The third kappa shape index (κ3) is 8.34. The largest absolute Gasteiger partial charge is 0.417 e. The van der Waals surface area contributed by atoms with Crippen LogP contribution in [0.2, 0.25) is 54.4 Å². The van der Waals surface area contributed by atoms with Crippen LogP contribution in [0.5, 0.6) is 0 Å². The first-order valence-electron chi connectivity index (χ1n) is 11.0. The van der Waals surface area contributed by atoms with Crippen molar-refractivity contribution < 1.29 is 13.3 Å². The number of hydrogen-bond donors (Lipinski definition) is 0. The average Bonchev–Trinajstić information content (AvgIpc) is 2.40. The van der Waals surface area contributed by atoms with Crippen molar-refractivity contribution in [2.75, 3.05) is 13.2 Å². The minimum absolute atomic E-state index is 0.111. The maximum atomic E-state index is 6.78. The summed E-state index contributed by atoms with van der Waals surface area (Å²) in [6.07, 6.45) is 1.02. The van der Waals surface area contributed by atoms with Gasteiger partial charge in [0.1, 0.15) is 0 Å². The van der Waals surface area contributed by atoms with Crippen molar-refractivity contribution in [2.45, 2.75) is 129 Å². The molecule has 1 unspecified atom stereocenters. The molecule has 0 N–H and O–H groups in total. The normalized spacial score (nSPS) is 16.4. The van der Waals surface area contributed by atoms with Gasteiger partial charge in [0.2, 0.25) is 0 Å². The van der Waals surface area contributed by atoms with E-state index in [9.17, 15) is 0 Å². The summed E-state index contributed by atoms with van der Waals surface area (Å²) in [6.45, 7) is 36.1. The van der Waals surface area contributed by atoms with E-state index in [-0.39, 0.29) is 21.2 Å². The van der Waals surface area contributed by atoms with Crippen LogP contribution < -0.4 is 0 Å². The maximum absolute atomic E-state index is 6.78. The fourth-order valence-corrected chi connectivity index (χ4v) is 5.42. The zero-order valence-electron chi connectivity index (χ0n) is 21.9. The molecule has 1 atom stereocenters. The topological polar surface area (TPSA) is 27.7 Å². The van der Waals surface area contributed by atoms with Gasteiger partial charge in [0.25, 0.3) is 0 Å². The molecule has 0 aromatic rings. The van der Waals surface area contributed by atoms with Crippen molar-refractivity contribution in [3.63, 3.8) is 0 Å². The van der Waals surface area contributed by atoms with Gasteiger partial charge in [-0.15, -0.1) is 0 Å². The first-order valence-corrected chi connectivity index (χ1v) is 19.7. The van der Waals surface area contributed by atoms with Crippen molar-refractivity contribution >= 4 is 25.0 Å². The molecular weight excluding hydrogens is 396 g/mol. The molecule has 0 saturated heterocycles. The van der Waals surface area contributed by atoms with Gasteiger partial charge in [-0.25, -0.2) is 0 Å². The Morgan fingerprint density at radius 3 is 1.29 bits per heavy atom. The lowest BCUT2D eigenvalue weighted by atomic mass is 10.2. The van der Waals surface area contributed by atoms with Crippen LogP contribution in [0.4, 0.5) is 0 Å². The van der Waals surface area contributed by atoms with Crippen molar-refractivity contribution in [3.05, 3.63) is 0 Å². The molecule has 0 amide bonds. The van der Waals surface area contributed by atoms with Gasteiger partial charge < -0.3 is 13.3 Å². The molecule has 170 valence electrons. The fraction of sp³-hybridized carbons (Fsp3) is 1.00. The summed E-state index contributed by atoms with van der Waals surface area (Å²) in [5, 5.41) is 0.648. The standard InChI is InChI=1S/C22H52O3Si3/c1-20(2,3)26(10,11)23-17-16-19(25-28(14,15)22(7,8)9)18-24-27(12,13)21(4,5)6/h19H,16-18H2,1-15H3. The Hall–Kier alpha value is 0.531. The van der Waals surface area contributed by atoms with Crippen LogP contribution in [0.1, 0.15) is 68.7 Å². The highest BCUT2D eigenvalue weighted by atomic mass is 28.4. The van der Waals surface area contributed by atoms with E-state index in [0.29, 0.717) is 6.61 Å². The molecular formula is C22H52O3Si3. The van der Waals surface area contributed by atoms with Gasteiger partial charge in [-0.1, -0.05) is 62.3 Å². The minimum Gasteiger partial charge on any atom is -0.417 e. The summed E-state index contributed by atoms with van der Waals surface area (Å²) >= 11 is 0. The smallest absolute Gasteiger partial charge is 0.192 e. The highest BCUT2D eigenvalue weighted by molar-refractivity contribution is 6.75. The number of hydrogen-bond acceptors (Lipinski definition) is 3. The summed E-state index contributed by atoms with van der Waals surface area (Å²) in [6, 6.07) is 0. The Kier molecular flexibility index (Phi) is 9.52. The minimum atomic E-state index is -1.85. The van der Waals surface area contributed by atoms with E-state index in [1.54, 1.807) is 0 Å². The molecule has 28 heavy (non-hydrogen) atoms. The summed E-state index contributed by atoms with van der Waals surface area (Å²) in [5.41, 5.74) is 0. The van der Waals surface area contributed by atoms with Crippen molar-refractivity contribution in [3.8, 4) is 0 Å². The maximum Gasteiger partial charge on any atom is 0.192 e. The molecule has 3 nitrogen and oxygen atoms in total. The Balaban J connectivity index is 5.21. The first-order chi connectivity index (χ1) is 12.0. The second-order valence-corrected chi connectivity index (χ2v) is 27.3. The molecule has 0 aliphatic carbocycles. The molecule has 6 heteroatoms. The van der Waals surface area contributed by atoms with E-state index >= 15 is 0 Å². The zero-order valence-corrected chi connectivity index (χ0v) is 24.9. The van der Waals surface area contributed by atoms with E-state index in [1.165, 1.54) is 0 Å². The third-order valence-corrected chi connectivity index (χ3v) is 21.0. The van der Waals surface area contributed by atoms with Crippen LogP contribution >= 0.6 is 0 Å². The summed E-state index contributed by atoms with van der Waals surface area (Å²) in [5.74, 6) is 0. The van der Waals surface area contributed by atoms with Crippen LogP contribution in [0.15, 0.2) is 0 Å². The lowest BCUT2D eigenvalue weighted by molar-refractivity contribution is 0.0851. The highest BCUT2D eigenvalue weighted by Gasteiger charge is 2.42. The van der Waals surface area contributed by atoms with Crippen LogP contribution in [0, 0.1) is 0 Å². The van der Waals surface area contributed by atoms with Crippen LogP contribution in [-0.2, 0) is 13.3 Å². The molecule has 0 rings (SSSR count). The Bertz CT molecular complexity index is 481. The average molecular weight is 449 g/mol. The molecule has 0 aliphatic heterocycles. The van der Waals surface area contributed by atoms with Gasteiger partial charge in [-0.05, 0) is 60.8 Å². The lowest BCUT2D eigenvalue weighted by Gasteiger charge is -2.42. The molecule has 0 spiro atoms. The third-order valence-electron chi connectivity index (χ3n) is 7.41. The Morgan fingerprint density at radius 1 is 0.571 bits per heavy atom. The van der Waals surface area contributed by atoms with Gasteiger partial charge >= 0.3 is 0 Å². The molecule has 0 heterocycles. The Labute approximate surface area is 180 Å². The van der Waals surface area contributed by atoms with Gasteiger partial charge in [0, 0.05) is 6.61 Å². The van der Waals surface area contributed by atoms with E-state index in [0.717, 1.165) is 13.0 Å². The summed E-state index contributed by atoms with van der Waals surface area (Å²) < 4.78 is 19.8. The van der Waals surface area contributed by atoms with Crippen molar-refractivity contribution in [1.29, 1.82) is 0 Å². The molecule has 0 saturated carbocycles. The van der Waals surface area contributed by atoms with Gasteiger partial charge in [0.15, 0.2) is 25.0 Å². The Morgan fingerprint density at radius 2 is 0.929 bits per heavy atom. The van der Waals surface area contributed by atoms with E-state index in [2.05, 4.69) is 102 Å². The predicted molar refractivity (Wildman–Crippen MR) is 133 cm³/mol. The van der Waals surface area contributed by atoms with E-state index < -0.39 is 25.0 Å². The quantitative estimate of drug-likeness (QED) is 0.336. The summed E-state index contributed by atoms with van der Waals surface area (Å²) in [7, 11) is -5.38. The zero-order chi connectivity index (χ0) is 22.8. The molecule has 0 aromatic carbocycles. The van der Waals surface area contributed by atoms with Crippen molar-refractivity contribution in [2.24, 2.45) is 0 Å². The monoisotopic (exact) mass is 448 g/mol.